The van der Waals surface area contributed by atoms with Crippen LogP contribution in [0, 0.1) is 0 Å². The van der Waals surface area contributed by atoms with Crippen LogP contribution >= 0.6 is 11.8 Å². The average molecular weight is 239 g/mol. The number of carbonyl (C=O) groups is 1. The number of ether oxygens (including phenoxy) is 1. The van der Waals surface area contributed by atoms with Gasteiger partial charge in [0.05, 0.1) is 12.4 Å². The van der Waals surface area contributed by atoms with Crippen molar-refractivity contribution in [3.05, 3.63) is 29.8 Å². The third-order valence-electron chi connectivity index (χ3n) is 1.99. The van der Waals surface area contributed by atoms with Crippen LogP contribution in [0.5, 0.6) is 0 Å². The second kappa shape index (κ2) is 7.30. The number of esters is 1. The minimum atomic E-state index is -0.160. The lowest BCUT2D eigenvalue weighted by atomic mass is 10.2. The highest BCUT2D eigenvalue weighted by atomic mass is 32.2. The predicted molar refractivity (Wildman–Crippen MR) is 66.6 cm³/mol. The van der Waals surface area contributed by atoms with Crippen LogP contribution in [-0.2, 0) is 16.1 Å². The van der Waals surface area contributed by atoms with Crippen LogP contribution in [0.15, 0.2) is 29.2 Å². The Kier molecular flexibility index (Phi) is 5.96. The zero-order valence-corrected chi connectivity index (χ0v) is 10.5. The number of carbonyl (C=O) groups excluding carboxylic acids is 1. The van der Waals surface area contributed by atoms with Crippen molar-refractivity contribution in [3.8, 4) is 0 Å². The summed E-state index contributed by atoms with van der Waals surface area (Å²) in [5.74, 6) is 0.209. The van der Waals surface area contributed by atoms with E-state index in [1.807, 2.05) is 32.2 Å². The summed E-state index contributed by atoms with van der Waals surface area (Å²) in [6.45, 7) is 3.07. The van der Waals surface area contributed by atoms with Gasteiger partial charge in [0.25, 0.3) is 0 Å². The lowest BCUT2D eigenvalue weighted by Crippen LogP contribution is -2.08. The highest BCUT2D eigenvalue weighted by Gasteiger charge is 2.06. The maximum Gasteiger partial charge on any atom is 0.316 e. The maximum atomic E-state index is 11.2. The summed E-state index contributed by atoms with van der Waals surface area (Å²) in [5.41, 5.74) is 1.21. The van der Waals surface area contributed by atoms with Crippen LogP contribution in [0.3, 0.4) is 0 Å². The first-order valence-corrected chi connectivity index (χ1v) is 6.27. The molecule has 0 saturated heterocycles. The smallest absolute Gasteiger partial charge is 0.316 e. The van der Waals surface area contributed by atoms with Gasteiger partial charge in [-0.05, 0) is 25.6 Å². The Balaban J connectivity index is 2.55. The number of hydrogen-bond donors (Lipinski definition) is 1. The standard InChI is InChI=1S/C12H17NO2S/c1-3-15-12(14)9-16-11-7-5-4-6-10(11)8-13-2/h4-7,13H,3,8-9H2,1-2H3. The van der Waals surface area contributed by atoms with E-state index in [1.54, 1.807) is 0 Å². The van der Waals surface area contributed by atoms with E-state index in [9.17, 15) is 4.79 Å². The molecule has 0 heterocycles. The van der Waals surface area contributed by atoms with Gasteiger partial charge >= 0.3 is 5.97 Å². The molecule has 1 aromatic carbocycles. The van der Waals surface area contributed by atoms with E-state index in [-0.39, 0.29) is 5.97 Å². The molecule has 88 valence electrons. The van der Waals surface area contributed by atoms with Gasteiger partial charge in [0.15, 0.2) is 0 Å². The van der Waals surface area contributed by atoms with E-state index in [0.717, 1.165) is 11.4 Å². The molecule has 1 N–H and O–H groups in total. The minimum Gasteiger partial charge on any atom is -0.465 e. The van der Waals surface area contributed by atoms with Gasteiger partial charge < -0.3 is 10.1 Å². The van der Waals surface area contributed by atoms with E-state index in [2.05, 4.69) is 11.4 Å². The molecule has 0 aromatic heterocycles. The molecule has 0 aliphatic carbocycles. The Morgan fingerprint density at radius 2 is 2.19 bits per heavy atom. The molecule has 0 atom stereocenters. The van der Waals surface area contributed by atoms with Gasteiger partial charge in [0, 0.05) is 11.4 Å². The van der Waals surface area contributed by atoms with E-state index in [1.165, 1.54) is 17.3 Å². The second-order valence-electron chi connectivity index (χ2n) is 3.23. The van der Waals surface area contributed by atoms with Crippen LogP contribution in [-0.4, -0.2) is 25.4 Å². The summed E-state index contributed by atoms with van der Waals surface area (Å²) in [6.07, 6.45) is 0. The van der Waals surface area contributed by atoms with Crippen molar-refractivity contribution in [3.63, 3.8) is 0 Å². The molecule has 0 spiro atoms. The fraction of sp³-hybridized carbons (Fsp3) is 0.417. The third-order valence-corrected chi connectivity index (χ3v) is 3.08. The summed E-state index contributed by atoms with van der Waals surface area (Å²) >= 11 is 1.52. The fourth-order valence-electron chi connectivity index (χ4n) is 1.32. The predicted octanol–water partition coefficient (Wildman–Crippen LogP) is 2.06. The molecule has 1 aromatic rings. The first kappa shape index (κ1) is 13.1. The number of rotatable bonds is 6. The van der Waals surface area contributed by atoms with Crippen molar-refractivity contribution in [2.75, 3.05) is 19.4 Å². The largest absolute Gasteiger partial charge is 0.465 e. The van der Waals surface area contributed by atoms with E-state index in [0.29, 0.717) is 12.4 Å². The Morgan fingerprint density at radius 1 is 1.44 bits per heavy atom. The Labute approximate surface area is 101 Å². The van der Waals surface area contributed by atoms with Gasteiger partial charge in [-0.15, -0.1) is 11.8 Å². The quantitative estimate of drug-likeness (QED) is 0.609. The van der Waals surface area contributed by atoms with Crippen molar-refractivity contribution in [2.24, 2.45) is 0 Å². The molecule has 3 nitrogen and oxygen atoms in total. The Hall–Kier alpha value is -1.00. The van der Waals surface area contributed by atoms with Crippen LogP contribution in [0.2, 0.25) is 0 Å². The van der Waals surface area contributed by atoms with E-state index >= 15 is 0 Å². The first-order valence-electron chi connectivity index (χ1n) is 5.28. The monoisotopic (exact) mass is 239 g/mol. The number of thioether (sulfide) groups is 1. The normalized spacial score (nSPS) is 10.1. The molecule has 0 amide bonds. The SMILES string of the molecule is CCOC(=O)CSc1ccccc1CNC. The third kappa shape index (κ3) is 4.24. The van der Waals surface area contributed by atoms with Gasteiger partial charge in [-0.2, -0.15) is 0 Å². The summed E-state index contributed by atoms with van der Waals surface area (Å²) < 4.78 is 4.89. The van der Waals surface area contributed by atoms with Gasteiger partial charge in [-0.25, -0.2) is 0 Å². The van der Waals surface area contributed by atoms with E-state index in [4.69, 9.17) is 4.74 Å². The van der Waals surface area contributed by atoms with Crippen molar-refractivity contribution in [1.29, 1.82) is 0 Å². The maximum absolute atomic E-state index is 11.2. The Morgan fingerprint density at radius 3 is 2.88 bits per heavy atom. The van der Waals surface area contributed by atoms with Crippen molar-refractivity contribution in [2.45, 2.75) is 18.4 Å². The van der Waals surface area contributed by atoms with Crippen LogP contribution < -0.4 is 5.32 Å². The van der Waals surface area contributed by atoms with E-state index < -0.39 is 0 Å². The van der Waals surface area contributed by atoms with Gasteiger partial charge in [0.1, 0.15) is 0 Å². The number of hydrogen-bond acceptors (Lipinski definition) is 4. The first-order chi connectivity index (χ1) is 7.77. The molecule has 16 heavy (non-hydrogen) atoms. The summed E-state index contributed by atoms with van der Waals surface area (Å²) in [5, 5.41) is 3.11. The molecule has 0 bridgehead atoms. The summed E-state index contributed by atoms with van der Waals surface area (Å²) in [7, 11) is 1.91. The molecule has 0 saturated carbocycles. The lowest BCUT2D eigenvalue weighted by Gasteiger charge is -2.08. The van der Waals surface area contributed by atoms with Crippen molar-refractivity contribution in [1.82, 2.24) is 5.32 Å². The molecule has 0 aliphatic heterocycles. The molecule has 4 heteroatoms. The molecule has 1 rings (SSSR count). The van der Waals surface area contributed by atoms with Crippen molar-refractivity contribution >= 4 is 17.7 Å². The molecular weight excluding hydrogens is 222 g/mol. The molecule has 0 fully saturated rings. The fourth-order valence-corrected chi connectivity index (χ4v) is 2.18. The number of benzene rings is 1. The zero-order chi connectivity index (χ0) is 11.8. The summed E-state index contributed by atoms with van der Waals surface area (Å²) in [4.78, 5) is 12.4. The highest BCUT2D eigenvalue weighted by Crippen LogP contribution is 2.22. The highest BCUT2D eigenvalue weighted by molar-refractivity contribution is 8.00. The number of nitrogens with one attached hydrogen (secondary N) is 1. The van der Waals surface area contributed by atoms with Gasteiger partial charge in [-0.3, -0.25) is 4.79 Å². The van der Waals surface area contributed by atoms with Crippen LogP contribution in [0.1, 0.15) is 12.5 Å². The molecule has 0 unspecified atom stereocenters. The average Bonchev–Trinajstić information content (AvgIpc) is 2.29. The second-order valence-corrected chi connectivity index (χ2v) is 4.25. The summed E-state index contributed by atoms with van der Waals surface area (Å²) in [6, 6.07) is 8.06. The molecular formula is C12H17NO2S. The molecule has 0 radical (unpaired) electrons. The zero-order valence-electron chi connectivity index (χ0n) is 9.66. The Bertz CT molecular complexity index is 342. The van der Waals surface area contributed by atoms with Crippen molar-refractivity contribution < 1.29 is 9.53 Å². The van der Waals surface area contributed by atoms with Crippen LogP contribution in [0.4, 0.5) is 0 Å². The van der Waals surface area contributed by atoms with Crippen LogP contribution in [0.25, 0.3) is 0 Å². The van der Waals surface area contributed by atoms with Gasteiger partial charge in [0.2, 0.25) is 0 Å². The lowest BCUT2D eigenvalue weighted by molar-refractivity contribution is -0.139. The van der Waals surface area contributed by atoms with Gasteiger partial charge in [-0.1, -0.05) is 18.2 Å². The molecule has 0 aliphatic rings. The topological polar surface area (TPSA) is 38.3 Å². The minimum absolute atomic E-state index is 0.160.